The van der Waals surface area contributed by atoms with E-state index >= 15 is 0 Å². The molecule has 0 fully saturated rings. The van der Waals surface area contributed by atoms with Gasteiger partial charge in [0, 0.05) is 23.7 Å². The summed E-state index contributed by atoms with van der Waals surface area (Å²) in [5.41, 5.74) is 4.31. The summed E-state index contributed by atoms with van der Waals surface area (Å²) in [6.07, 6.45) is 1.03. The average Bonchev–Trinajstić information content (AvgIpc) is 2.53. The second kappa shape index (κ2) is 6.29. The first-order chi connectivity index (χ1) is 10.2. The monoisotopic (exact) mass is 300 g/mol. The van der Waals surface area contributed by atoms with Crippen molar-refractivity contribution in [3.63, 3.8) is 0 Å². The predicted octanol–water partition coefficient (Wildman–Crippen LogP) is 2.92. The Hall–Kier alpha value is -1.84. The van der Waals surface area contributed by atoms with Crippen molar-refractivity contribution >= 4 is 17.5 Å². The Morgan fingerprint density at radius 1 is 1.14 bits per heavy atom. The Kier molecular flexibility index (Phi) is 4.23. The third kappa shape index (κ3) is 3.43. The number of benzene rings is 2. The van der Waals surface area contributed by atoms with E-state index < -0.39 is 0 Å². The molecular formula is C17H17ClN2O. The van der Waals surface area contributed by atoms with Crippen molar-refractivity contribution in [2.45, 2.75) is 19.5 Å². The maximum Gasteiger partial charge on any atom is 0.251 e. The third-order valence-electron chi connectivity index (χ3n) is 3.72. The van der Waals surface area contributed by atoms with Crippen LogP contribution < -0.4 is 10.6 Å². The van der Waals surface area contributed by atoms with Crippen molar-refractivity contribution in [1.82, 2.24) is 10.6 Å². The molecule has 0 saturated heterocycles. The molecule has 1 aliphatic rings. The molecule has 1 amide bonds. The van der Waals surface area contributed by atoms with Gasteiger partial charge >= 0.3 is 0 Å². The van der Waals surface area contributed by atoms with Crippen molar-refractivity contribution in [2.75, 3.05) is 6.54 Å². The zero-order valence-corrected chi connectivity index (χ0v) is 12.4. The zero-order chi connectivity index (χ0) is 14.7. The van der Waals surface area contributed by atoms with Crippen molar-refractivity contribution in [1.29, 1.82) is 0 Å². The van der Waals surface area contributed by atoms with Gasteiger partial charge in [0.05, 0.1) is 0 Å². The van der Waals surface area contributed by atoms with E-state index in [-0.39, 0.29) is 5.91 Å². The first-order valence-electron chi connectivity index (χ1n) is 7.07. The Bertz CT molecular complexity index is 652. The molecule has 0 spiro atoms. The Morgan fingerprint density at radius 3 is 2.76 bits per heavy atom. The Morgan fingerprint density at radius 2 is 1.95 bits per heavy atom. The molecule has 1 heterocycles. The van der Waals surface area contributed by atoms with E-state index in [0.29, 0.717) is 17.1 Å². The molecule has 21 heavy (non-hydrogen) atoms. The van der Waals surface area contributed by atoms with Crippen LogP contribution >= 0.6 is 11.6 Å². The normalized spacial score (nSPS) is 13.6. The van der Waals surface area contributed by atoms with Gasteiger partial charge in [-0.05, 0) is 53.9 Å². The van der Waals surface area contributed by atoms with Crippen molar-refractivity contribution in [3.8, 4) is 0 Å². The molecule has 2 aromatic rings. The van der Waals surface area contributed by atoms with E-state index in [0.717, 1.165) is 25.1 Å². The minimum atomic E-state index is -0.0432. The topological polar surface area (TPSA) is 41.1 Å². The van der Waals surface area contributed by atoms with Crippen LogP contribution in [0.15, 0.2) is 42.5 Å². The number of fused-ring (bicyclic) bond motifs is 1. The van der Waals surface area contributed by atoms with Crippen molar-refractivity contribution in [2.24, 2.45) is 0 Å². The summed E-state index contributed by atoms with van der Waals surface area (Å²) in [6, 6.07) is 13.4. The van der Waals surface area contributed by atoms with Gasteiger partial charge in [-0.1, -0.05) is 29.8 Å². The van der Waals surface area contributed by atoms with E-state index in [1.165, 1.54) is 11.1 Å². The molecular weight excluding hydrogens is 284 g/mol. The average molecular weight is 301 g/mol. The van der Waals surface area contributed by atoms with Gasteiger partial charge in [-0.25, -0.2) is 0 Å². The molecule has 3 rings (SSSR count). The first-order valence-corrected chi connectivity index (χ1v) is 7.45. The van der Waals surface area contributed by atoms with E-state index in [4.69, 9.17) is 11.6 Å². The first kappa shape index (κ1) is 14.1. The van der Waals surface area contributed by atoms with Crippen LogP contribution in [-0.4, -0.2) is 12.5 Å². The summed E-state index contributed by atoms with van der Waals surface area (Å²) < 4.78 is 0. The number of hydrogen-bond acceptors (Lipinski definition) is 2. The van der Waals surface area contributed by atoms with Crippen LogP contribution in [0.25, 0.3) is 0 Å². The van der Waals surface area contributed by atoms with Gasteiger partial charge < -0.3 is 10.6 Å². The molecule has 3 nitrogen and oxygen atoms in total. The minimum absolute atomic E-state index is 0.0432. The summed E-state index contributed by atoms with van der Waals surface area (Å²) in [6.45, 7) is 2.36. The van der Waals surface area contributed by atoms with Gasteiger partial charge in [0.2, 0.25) is 0 Å². The molecule has 0 aromatic heterocycles. The Balaban J connectivity index is 1.66. The van der Waals surface area contributed by atoms with Gasteiger partial charge in [-0.2, -0.15) is 0 Å². The standard InChI is InChI=1S/C17H17ClN2O/c18-16-5-1-12(2-6-16)10-20-17(21)14-4-3-13-7-8-19-11-15(13)9-14/h1-6,9,19H,7-8,10-11H2,(H,20,21). The van der Waals surface area contributed by atoms with E-state index in [1.807, 2.05) is 36.4 Å². The van der Waals surface area contributed by atoms with Crippen LogP contribution in [0, 0.1) is 0 Å². The largest absolute Gasteiger partial charge is 0.348 e. The molecule has 2 aromatic carbocycles. The number of carbonyl (C=O) groups is 1. The molecule has 2 N–H and O–H groups in total. The maximum atomic E-state index is 12.2. The van der Waals surface area contributed by atoms with Gasteiger partial charge in [0.25, 0.3) is 5.91 Å². The summed E-state index contributed by atoms with van der Waals surface area (Å²) in [7, 11) is 0. The fourth-order valence-corrected chi connectivity index (χ4v) is 2.63. The molecule has 0 saturated carbocycles. The van der Waals surface area contributed by atoms with Crippen LogP contribution in [0.2, 0.25) is 5.02 Å². The molecule has 0 radical (unpaired) electrons. The Labute approximate surface area is 129 Å². The fraction of sp³-hybridized carbons (Fsp3) is 0.235. The predicted molar refractivity (Wildman–Crippen MR) is 84.5 cm³/mol. The van der Waals surface area contributed by atoms with Gasteiger partial charge in [-0.15, -0.1) is 0 Å². The smallest absolute Gasteiger partial charge is 0.251 e. The van der Waals surface area contributed by atoms with Crippen LogP contribution in [0.4, 0.5) is 0 Å². The highest BCUT2D eigenvalue weighted by molar-refractivity contribution is 6.30. The second-order valence-electron chi connectivity index (χ2n) is 5.22. The second-order valence-corrected chi connectivity index (χ2v) is 5.66. The lowest BCUT2D eigenvalue weighted by Crippen LogP contribution is -2.26. The number of hydrogen-bond donors (Lipinski definition) is 2. The zero-order valence-electron chi connectivity index (χ0n) is 11.7. The lowest BCUT2D eigenvalue weighted by Gasteiger charge is -2.17. The molecule has 0 aliphatic carbocycles. The molecule has 0 atom stereocenters. The van der Waals surface area contributed by atoms with Crippen molar-refractivity contribution < 1.29 is 4.79 Å². The van der Waals surface area contributed by atoms with Gasteiger partial charge in [0.1, 0.15) is 0 Å². The minimum Gasteiger partial charge on any atom is -0.348 e. The lowest BCUT2D eigenvalue weighted by molar-refractivity contribution is 0.0951. The highest BCUT2D eigenvalue weighted by atomic mass is 35.5. The van der Waals surface area contributed by atoms with E-state index in [2.05, 4.69) is 16.7 Å². The number of rotatable bonds is 3. The van der Waals surface area contributed by atoms with Gasteiger partial charge in [-0.3, -0.25) is 4.79 Å². The summed E-state index contributed by atoms with van der Waals surface area (Å²) in [4.78, 5) is 12.2. The molecule has 0 unspecified atom stereocenters. The summed E-state index contributed by atoms with van der Waals surface area (Å²) in [5, 5.41) is 6.97. The van der Waals surface area contributed by atoms with E-state index in [9.17, 15) is 4.79 Å². The number of halogens is 1. The van der Waals surface area contributed by atoms with Crippen LogP contribution in [0.5, 0.6) is 0 Å². The highest BCUT2D eigenvalue weighted by Gasteiger charge is 2.12. The summed E-state index contributed by atoms with van der Waals surface area (Å²) >= 11 is 5.84. The quantitative estimate of drug-likeness (QED) is 0.915. The number of amides is 1. The molecule has 1 aliphatic heterocycles. The van der Waals surface area contributed by atoms with Crippen LogP contribution in [0.1, 0.15) is 27.0 Å². The molecule has 4 heteroatoms. The molecule has 0 bridgehead atoms. The van der Waals surface area contributed by atoms with Crippen LogP contribution in [-0.2, 0) is 19.5 Å². The SMILES string of the molecule is O=C(NCc1ccc(Cl)cc1)c1ccc2c(c1)CNCC2. The molecule has 108 valence electrons. The fourth-order valence-electron chi connectivity index (χ4n) is 2.51. The lowest BCUT2D eigenvalue weighted by atomic mass is 9.98. The summed E-state index contributed by atoms with van der Waals surface area (Å²) in [5.74, 6) is -0.0432. The van der Waals surface area contributed by atoms with Gasteiger partial charge in [0.15, 0.2) is 0 Å². The third-order valence-corrected chi connectivity index (χ3v) is 3.97. The maximum absolute atomic E-state index is 12.2. The van der Waals surface area contributed by atoms with Crippen molar-refractivity contribution in [3.05, 3.63) is 69.7 Å². The number of nitrogens with one attached hydrogen (secondary N) is 2. The van der Waals surface area contributed by atoms with E-state index in [1.54, 1.807) is 0 Å². The highest BCUT2D eigenvalue weighted by Crippen LogP contribution is 2.16. The number of carbonyl (C=O) groups excluding carboxylic acids is 1. The van der Waals surface area contributed by atoms with Crippen LogP contribution in [0.3, 0.4) is 0 Å².